The molecule has 0 aliphatic rings. The zero-order valence-electron chi connectivity index (χ0n) is 15.3. The Balaban J connectivity index is 1.60. The monoisotopic (exact) mass is 550 g/mol. The van der Waals surface area contributed by atoms with Crippen molar-refractivity contribution >= 4 is 81.9 Å². The molecule has 0 N–H and O–H groups in total. The molecule has 0 aliphatic heterocycles. The van der Waals surface area contributed by atoms with Gasteiger partial charge < -0.3 is 23.7 Å². The average Bonchev–Trinajstić information content (AvgIpc) is 2.69. The molecule has 0 fully saturated rings. The molecule has 0 spiro atoms. The zero-order chi connectivity index (χ0) is 23.0. The molecule has 0 radical (unpaired) electrons. The lowest BCUT2D eigenvalue weighted by molar-refractivity contribution is 0.0267. The van der Waals surface area contributed by atoms with Crippen molar-refractivity contribution in [2.45, 2.75) is 0 Å². The van der Waals surface area contributed by atoms with Crippen LogP contribution in [0.25, 0.3) is 0 Å². The van der Waals surface area contributed by atoms with Gasteiger partial charge in [0.05, 0.1) is 43.3 Å². The van der Waals surface area contributed by atoms with E-state index in [4.69, 9.17) is 93.3 Å². The molecule has 0 heterocycles. The van der Waals surface area contributed by atoms with E-state index in [0.717, 1.165) is 0 Å². The van der Waals surface area contributed by atoms with Gasteiger partial charge in [0.2, 0.25) is 0 Å². The van der Waals surface area contributed by atoms with Gasteiger partial charge in [-0.2, -0.15) is 0 Å². The van der Waals surface area contributed by atoms with E-state index in [1.165, 1.54) is 24.3 Å². The van der Waals surface area contributed by atoms with Crippen LogP contribution in [0.3, 0.4) is 0 Å². The molecule has 2 rings (SSSR count). The molecule has 13 heteroatoms. The van der Waals surface area contributed by atoms with Crippen LogP contribution in [0.4, 0.5) is 9.59 Å². The second kappa shape index (κ2) is 12.6. The first-order valence-electron chi connectivity index (χ1n) is 8.23. The van der Waals surface area contributed by atoms with E-state index < -0.39 is 12.3 Å². The number of benzene rings is 2. The van der Waals surface area contributed by atoms with E-state index in [2.05, 4.69) is 0 Å². The fourth-order valence-electron chi connectivity index (χ4n) is 1.87. The third-order valence-corrected chi connectivity index (χ3v) is 5.27. The minimum Gasteiger partial charge on any atom is -0.432 e. The number of carbonyl (C=O) groups excluding carboxylic acids is 2. The standard InChI is InChI=1S/C18H12Cl6O7/c19-9-5-13(23)15(7-11(9)21)30-17(25)28-3-1-27-2-4-29-18(26)31-16-8-12(22)10(20)6-14(16)24/h5-8H,1-4H2. The minimum absolute atomic E-state index is 0.00373. The van der Waals surface area contributed by atoms with Crippen LogP contribution in [0.15, 0.2) is 24.3 Å². The van der Waals surface area contributed by atoms with Crippen molar-refractivity contribution < 1.29 is 33.3 Å². The van der Waals surface area contributed by atoms with Crippen molar-refractivity contribution in [3.05, 3.63) is 54.4 Å². The van der Waals surface area contributed by atoms with E-state index in [9.17, 15) is 9.59 Å². The topological polar surface area (TPSA) is 80.3 Å². The maximum atomic E-state index is 11.6. The van der Waals surface area contributed by atoms with Gasteiger partial charge in [-0.05, 0) is 12.1 Å². The molecule has 0 amide bonds. The van der Waals surface area contributed by atoms with Crippen molar-refractivity contribution in [1.82, 2.24) is 0 Å². The van der Waals surface area contributed by atoms with Crippen molar-refractivity contribution in [2.24, 2.45) is 0 Å². The summed E-state index contributed by atoms with van der Waals surface area (Å²) < 4.78 is 24.6. The summed E-state index contributed by atoms with van der Waals surface area (Å²) in [5.74, 6) is -0.00745. The summed E-state index contributed by atoms with van der Waals surface area (Å²) in [4.78, 5) is 23.3. The van der Waals surface area contributed by atoms with Gasteiger partial charge in [-0.15, -0.1) is 0 Å². The van der Waals surface area contributed by atoms with Gasteiger partial charge in [-0.1, -0.05) is 69.6 Å². The molecular weight excluding hydrogens is 541 g/mol. The molecule has 7 nitrogen and oxygen atoms in total. The molecule has 0 saturated carbocycles. The van der Waals surface area contributed by atoms with Gasteiger partial charge in [-0.3, -0.25) is 0 Å². The van der Waals surface area contributed by atoms with Crippen LogP contribution in [0.2, 0.25) is 30.1 Å². The Morgan fingerprint density at radius 2 is 0.903 bits per heavy atom. The lowest BCUT2D eigenvalue weighted by Gasteiger charge is -2.10. The van der Waals surface area contributed by atoms with Gasteiger partial charge >= 0.3 is 12.3 Å². The number of hydrogen-bond donors (Lipinski definition) is 0. The smallest absolute Gasteiger partial charge is 0.432 e. The van der Waals surface area contributed by atoms with Gasteiger partial charge in [0, 0.05) is 12.1 Å². The highest BCUT2D eigenvalue weighted by molar-refractivity contribution is 6.44. The summed E-state index contributed by atoms with van der Waals surface area (Å²) >= 11 is 35.0. The number of hydrogen-bond acceptors (Lipinski definition) is 7. The number of ether oxygens (including phenoxy) is 5. The van der Waals surface area contributed by atoms with Crippen molar-refractivity contribution in [1.29, 1.82) is 0 Å². The molecule has 0 saturated heterocycles. The lowest BCUT2D eigenvalue weighted by Crippen LogP contribution is -2.17. The Kier molecular flexibility index (Phi) is 10.6. The molecular formula is C18H12Cl6O7. The summed E-state index contributed by atoms with van der Waals surface area (Å²) in [6.45, 7) is -0.218. The fourth-order valence-corrected chi connectivity index (χ4v) is 3.02. The van der Waals surface area contributed by atoms with Gasteiger partial charge in [0.25, 0.3) is 0 Å². The van der Waals surface area contributed by atoms with E-state index in [1.807, 2.05) is 0 Å². The highest BCUT2D eigenvalue weighted by Crippen LogP contribution is 2.35. The van der Waals surface area contributed by atoms with Crippen molar-refractivity contribution in [3.8, 4) is 11.5 Å². The maximum absolute atomic E-state index is 11.6. The van der Waals surface area contributed by atoms with Crippen LogP contribution in [-0.4, -0.2) is 38.7 Å². The molecule has 2 aromatic rings. The Labute approximate surface area is 206 Å². The molecule has 0 bridgehead atoms. The van der Waals surface area contributed by atoms with Crippen LogP contribution in [0.5, 0.6) is 11.5 Å². The predicted octanol–water partition coefficient (Wildman–Crippen LogP) is 7.35. The Hall–Kier alpha value is -1.32. The van der Waals surface area contributed by atoms with Crippen molar-refractivity contribution in [3.63, 3.8) is 0 Å². The molecule has 168 valence electrons. The van der Waals surface area contributed by atoms with Gasteiger partial charge in [0.1, 0.15) is 13.2 Å². The normalized spacial score (nSPS) is 10.5. The lowest BCUT2D eigenvalue weighted by atomic mass is 10.3. The molecule has 2 aromatic carbocycles. The van der Waals surface area contributed by atoms with Gasteiger partial charge in [0.15, 0.2) is 11.5 Å². The second-order valence-electron chi connectivity index (χ2n) is 5.41. The highest BCUT2D eigenvalue weighted by atomic mass is 35.5. The second-order valence-corrected chi connectivity index (χ2v) is 7.85. The van der Waals surface area contributed by atoms with E-state index in [1.54, 1.807) is 0 Å². The summed E-state index contributed by atoms with van der Waals surface area (Å²) in [7, 11) is 0. The van der Waals surface area contributed by atoms with E-state index >= 15 is 0 Å². The first-order chi connectivity index (χ1) is 14.7. The largest absolute Gasteiger partial charge is 0.513 e. The Bertz CT molecular complexity index is 878. The maximum Gasteiger partial charge on any atom is 0.513 e. The SMILES string of the molecule is O=C(OCCOCCOC(=O)Oc1cc(Cl)c(Cl)cc1Cl)Oc1cc(Cl)c(Cl)cc1Cl. The molecule has 31 heavy (non-hydrogen) atoms. The van der Waals surface area contributed by atoms with Gasteiger partial charge in [-0.25, -0.2) is 9.59 Å². The Morgan fingerprint density at radius 3 is 1.29 bits per heavy atom. The molecule has 0 unspecified atom stereocenters. The van der Waals surface area contributed by atoms with Crippen LogP contribution >= 0.6 is 69.6 Å². The Morgan fingerprint density at radius 1 is 0.548 bits per heavy atom. The molecule has 0 aliphatic carbocycles. The predicted molar refractivity (Wildman–Crippen MR) is 118 cm³/mol. The van der Waals surface area contributed by atoms with E-state index in [0.29, 0.717) is 0 Å². The first kappa shape index (κ1) is 25.9. The summed E-state index contributed by atoms with van der Waals surface area (Å²) in [6, 6.07) is 5.23. The summed E-state index contributed by atoms with van der Waals surface area (Å²) in [6.07, 6.45) is -2.02. The van der Waals surface area contributed by atoms with Crippen LogP contribution in [0.1, 0.15) is 0 Å². The van der Waals surface area contributed by atoms with Crippen molar-refractivity contribution in [2.75, 3.05) is 26.4 Å². The van der Waals surface area contributed by atoms with Crippen LogP contribution in [-0.2, 0) is 14.2 Å². The quantitative estimate of drug-likeness (QED) is 0.146. The van der Waals surface area contributed by atoms with Crippen LogP contribution in [0, 0.1) is 0 Å². The van der Waals surface area contributed by atoms with Crippen LogP contribution < -0.4 is 9.47 Å². The van der Waals surface area contributed by atoms with E-state index in [-0.39, 0.29) is 68.1 Å². The third-order valence-electron chi connectivity index (χ3n) is 3.23. The molecule has 0 atom stereocenters. The number of carbonyl (C=O) groups is 2. The fraction of sp³-hybridized carbons (Fsp3) is 0.222. The number of rotatable bonds is 8. The average molecular weight is 553 g/mol. The number of halogens is 6. The highest BCUT2D eigenvalue weighted by Gasteiger charge is 2.14. The third kappa shape index (κ3) is 8.61. The first-order valence-corrected chi connectivity index (χ1v) is 10.5. The minimum atomic E-state index is -1.01. The summed E-state index contributed by atoms with van der Waals surface area (Å²) in [5, 5.41) is 0.941. The molecule has 0 aromatic heterocycles. The zero-order valence-corrected chi connectivity index (χ0v) is 19.8. The summed E-state index contributed by atoms with van der Waals surface area (Å²) in [5.41, 5.74) is 0.